The number of anilines is 1. The third-order valence-corrected chi connectivity index (χ3v) is 8.35. The summed E-state index contributed by atoms with van der Waals surface area (Å²) in [5, 5.41) is 20.4. The number of aliphatic hydroxyl groups excluding tert-OH is 1. The minimum atomic E-state index is -0.745. The van der Waals surface area contributed by atoms with Crippen LogP contribution in [0.1, 0.15) is 65.2 Å². The number of ether oxygens (including phenoxy) is 1. The second-order valence-electron chi connectivity index (χ2n) is 10.9. The minimum Gasteiger partial charge on any atom is -0.486 e. The summed E-state index contributed by atoms with van der Waals surface area (Å²) in [6.07, 6.45) is 9.12. The second-order valence-corrected chi connectivity index (χ2v) is 10.9. The summed E-state index contributed by atoms with van der Waals surface area (Å²) in [7, 11) is 0. The van der Waals surface area contributed by atoms with E-state index in [4.69, 9.17) is 9.15 Å². The average molecular weight is 519 g/mol. The molecule has 2 atom stereocenters. The highest BCUT2D eigenvalue weighted by Crippen LogP contribution is 2.56. The Labute approximate surface area is 221 Å². The Balaban J connectivity index is 0.978. The zero-order valence-electron chi connectivity index (χ0n) is 21.6. The van der Waals surface area contributed by atoms with Crippen molar-refractivity contribution in [3.05, 3.63) is 65.3 Å². The van der Waals surface area contributed by atoms with E-state index in [2.05, 4.69) is 30.9 Å². The Morgan fingerprint density at radius 3 is 2.87 bits per heavy atom. The summed E-state index contributed by atoms with van der Waals surface area (Å²) < 4.78 is 11.2. The quantitative estimate of drug-likeness (QED) is 0.337. The first-order valence-electron chi connectivity index (χ1n) is 13.4. The molecule has 3 aliphatic rings. The van der Waals surface area contributed by atoms with E-state index < -0.39 is 6.10 Å². The third kappa shape index (κ3) is 5.23. The summed E-state index contributed by atoms with van der Waals surface area (Å²) in [5.41, 5.74) is 3.96. The molecule has 0 radical (unpaired) electrons. The van der Waals surface area contributed by atoms with Gasteiger partial charge >= 0.3 is 0 Å². The van der Waals surface area contributed by atoms with Gasteiger partial charge < -0.3 is 30.2 Å². The first-order chi connectivity index (χ1) is 18.5. The number of oxazole rings is 1. The number of aromatic nitrogens is 3. The second kappa shape index (κ2) is 10.3. The number of carbonyl (C=O) groups excluding carboxylic acids is 1. The lowest BCUT2D eigenvalue weighted by Gasteiger charge is -2.54. The van der Waals surface area contributed by atoms with Gasteiger partial charge in [0.1, 0.15) is 30.2 Å². The summed E-state index contributed by atoms with van der Waals surface area (Å²) in [6, 6.07) is 7.90. The summed E-state index contributed by atoms with van der Waals surface area (Å²) in [6.45, 7) is 2.94. The summed E-state index contributed by atoms with van der Waals surface area (Å²) in [4.78, 5) is 25.2. The molecule has 0 unspecified atom stereocenters. The van der Waals surface area contributed by atoms with Gasteiger partial charge in [0.15, 0.2) is 12.2 Å². The van der Waals surface area contributed by atoms with Gasteiger partial charge in [0.05, 0.1) is 11.8 Å². The van der Waals surface area contributed by atoms with Crippen LogP contribution in [0.3, 0.4) is 0 Å². The van der Waals surface area contributed by atoms with Crippen molar-refractivity contribution in [3.63, 3.8) is 0 Å². The minimum absolute atomic E-state index is 0.126. The first-order valence-corrected chi connectivity index (χ1v) is 13.4. The zero-order chi connectivity index (χ0) is 26.1. The van der Waals surface area contributed by atoms with Crippen molar-refractivity contribution in [2.45, 2.75) is 76.8 Å². The fourth-order valence-corrected chi connectivity index (χ4v) is 5.86. The molecular formula is C28H34N6O4. The molecule has 1 aliphatic heterocycles. The number of nitrogens with zero attached hydrogens (tertiary/aromatic N) is 3. The smallest absolute Gasteiger partial charge is 0.270 e. The summed E-state index contributed by atoms with van der Waals surface area (Å²) in [5.74, 6) is 1.82. The Morgan fingerprint density at radius 2 is 2.11 bits per heavy atom. The topological polar surface area (TPSA) is 134 Å². The van der Waals surface area contributed by atoms with E-state index in [1.54, 1.807) is 6.07 Å². The third-order valence-electron chi connectivity index (χ3n) is 8.35. The molecule has 2 aliphatic carbocycles. The largest absolute Gasteiger partial charge is 0.486 e. The molecule has 1 spiro atoms. The van der Waals surface area contributed by atoms with Crippen LogP contribution in [-0.2, 0) is 19.6 Å². The number of benzene rings is 1. The maximum absolute atomic E-state index is 12.7. The van der Waals surface area contributed by atoms with Gasteiger partial charge in [-0.25, -0.2) is 15.0 Å². The Kier molecular flexibility index (Phi) is 6.75. The SMILES string of the molecule is Cc1ncoc1COc1ccc2c(c1)CN[C@H]([C@H](O)CNC(=O)c1cc(NC3CC4(CCC4)C3)ncn1)C2. The number of fused-ring (bicyclic) bond motifs is 1. The molecule has 200 valence electrons. The number of aliphatic hydroxyl groups is 1. The number of rotatable bonds is 9. The van der Waals surface area contributed by atoms with Crippen LogP contribution in [0, 0.1) is 12.3 Å². The lowest BCUT2D eigenvalue weighted by atomic mass is 9.54. The highest BCUT2D eigenvalue weighted by molar-refractivity contribution is 5.92. The van der Waals surface area contributed by atoms with Gasteiger partial charge in [-0.3, -0.25) is 4.79 Å². The van der Waals surface area contributed by atoms with Gasteiger partial charge in [-0.2, -0.15) is 0 Å². The molecule has 38 heavy (non-hydrogen) atoms. The molecule has 1 aromatic carbocycles. The van der Waals surface area contributed by atoms with Crippen LogP contribution in [0.5, 0.6) is 5.75 Å². The molecule has 6 rings (SSSR count). The lowest BCUT2D eigenvalue weighted by molar-refractivity contribution is 0.0191. The number of hydrogen-bond acceptors (Lipinski definition) is 9. The van der Waals surface area contributed by atoms with E-state index >= 15 is 0 Å². The molecule has 3 aromatic rings. The van der Waals surface area contributed by atoms with Gasteiger partial charge in [0, 0.05) is 31.2 Å². The lowest BCUT2D eigenvalue weighted by Crippen LogP contribution is -2.49. The van der Waals surface area contributed by atoms with E-state index in [0.717, 1.165) is 22.6 Å². The van der Waals surface area contributed by atoms with E-state index in [-0.39, 0.29) is 18.5 Å². The fourth-order valence-electron chi connectivity index (χ4n) is 5.86. The molecule has 3 heterocycles. The molecule has 2 fully saturated rings. The van der Waals surface area contributed by atoms with Crippen molar-refractivity contribution in [1.29, 1.82) is 0 Å². The van der Waals surface area contributed by atoms with Crippen LogP contribution in [0.25, 0.3) is 0 Å². The van der Waals surface area contributed by atoms with Gasteiger partial charge in [-0.05, 0) is 67.7 Å². The Hall–Kier alpha value is -3.50. The summed E-state index contributed by atoms with van der Waals surface area (Å²) >= 11 is 0. The molecule has 0 saturated heterocycles. The molecule has 10 heteroatoms. The van der Waals surface area contributed by atoms with Crippen molar-refractivity contribution in [3.8, 4) is 5.75 Å². The average Bonchev–Trinajstić information content (AvgIpc) is 3.30. The maximum atomic E-state index is 12.7. The standard InChI is InChI=1S/C28H34N6O4/c1-17-25(38-16-33-17)14-37-21-4-3-18-8-22(29-12-19(18)7-21)24(35)13-30-27(36)23-9-26(32-15-31-23)34-20-10-28(11-20)5-2-6-28/h3-4,7,9,15-16,20,22,24,29,35H,2,5-6,8,10-14H2,1H3,(H,30,36)(H,31,32,34)/t22-,24+/m0/s1. The molecule has 10 nitrogen and oxygen atoms in total. The highest BCUT2D eigenvalue weighted by atomic mass is 16.5. The zero-order valence-corrected chi connectivity index (χ0v) is 21.6. The van der Waals surface area contributed by atoms with E-state index in [0.29, 0.717) is 48.3 Å². The van der Waals surface area contributed by atoms with Gasteiger partial charge in [-0.1, -0.05) is 12.5 Å². The van der Waals surface area contributed by atoms with Gasteiger partial charge in [0.2, 0.25) is 0 Å². The van der Waals surface area contributed by atoms with Crippen molar-refractivity contribution >= 4 is 11.7 Å². The molecule has 1 amide bonds. The highest BCUT2D eigenvalue weighted by Gasteiger charge is 2.48. The molecule has 2 saturated carbocycles. The number of amides is 1. The predicted molar refractivity (Wildman–Crippen MR) is 140 cm³/mol. The van der Waals surface area contributed by atoms with Crippen LogP contribution >= 0.6 is 0 Å². The number of carbonyl (C=O) groups is 1. The Bertz CT molecular complexity index is 1300. The van der Waals surface area contributed by atoms with Gasteiger partial charge in [-0.15, -0.1) is 0 Å². The number of hydrogen-bond donors (Lipinski definition) is 4. The number of aryl methyl sites for hydroxylation is 1. The van der Waals surface area contributed by atoms with Crippen LogP contribution in [0.4, 0.5) is 5.82 Å². The van der Waals surface area contributed by atoms with Crippen molar-refractivity contribution in [2.24, 2.45) is 5.41 Å². The monoisotopic (exact) mass is 518 g/mol. The van der Waals surface area contributed by atoms with E-state index in [1.807, 2.05) is 25.1 Å². The Morgan fingerprint density at radius 1 is 1.24 bits per heavy atom. The van der Waals surface area contributed by atoms with E-state index in [9.17, 15) is 9.90 Å². The molecule has 0 bridgehead atoms. The van der Waals surface area contributed by atoms with Crippen LogP contribution < -0.4 is 20.7 Å². The number of nitrogens with one attached hydrogen (secondary N) is 3. The van der Waals surface area contributed by atoms with Crippen molar-refractivity contribution in [1.82, 2.24) is 25.6 Å². The molecule has 4 N–H and O–H groups in total. The normalized spacial score (nSPS) is 20.6. The molecular weight excluding hydrogens is 484 g/mol. The molecule has 2 aromatic heterocycles. The van der Waals surface area contributed by atoms with Crippen molar-refractivity contribution in [2.75, 3.05) is 11.9 Å². The predicted octanol–water partition coefficient (Wildman–Crippen LogP) is 2.90. The maximum Gasteiger partial charge on any atom is 0.270 e. The first kappa shape index (κ1) is 24.8. The van der Waals surface area contributed by atoms with Crippen LogP contribution in [-0.4, -0.2) is 50.7 Å². The van der Waals surface area contributed by atoms with Gasteiger partial charge in [0.25, 0.3) is 5.91 Å². The fraction of sp³-hybridized carbons (Fsp3) is 0.500. The van der Waals surface area contributed by atoms with Crippen LogP contribution in [0.15, 0.2) is 41.4 Å². The van der Waals surface area contributed by atoms with E-state index in [1.165, 1.54) is 44.8 Å². The van der Waals surface area contributed by atoms with Crippen molar-refractivity contribution < 1.29 is 19.1 Å². The van der Waals surface area contributed by atoms with Crippen LogP contribution in [0.2, 0.25) is 0 Å².